The number of fused-ring (bicyclic) bond motifs is 2. The summed E-state index contributed by atoms with van der Waals surface area (Å²) >= 11 is 0. The van der Waals surface area contributed by atoms with E-state index in [0.717, 1.165) is 30.1 Å². The van der Waals surface area contributed by atoms with Crippen molar-refractivity contribution in [1.29, 1.82) is 0 Å². The van der Waals surface area contributed by atoms with Crippen molar-refractivity contribution in [3.8, 4) is 23.0 Å². The summed E-state index contributed by atoms with van der Waals surface area (Å²) in [5, 5.41) is 42.2. The predicted octanol–water partition coefficient (Wildman–Crippen LogP) is 6.51. The summed E-state index contributed by atoms with van der Waals surface area (Å²) in [6.45, 7) is 9.86. The topological polar surface area (TPSA) is 111 Å². The minimum atomic E-state index is -0.580. The summed E-state index contributed by atoms with van der Waals surface area (Å²) in [6, 6.07) is 2.41. The van der Waals surface area contributed by atoms with E-state index < -0.39 is 11.2 Å². The first-order chi connectivity index (χ1) is 16.0. The third-order valence-corrected chi connectivity index (χ3v) is 5.82. The Morgan fingerprint density at radius 3 is 2.06 bits per heavy atom. The van der Waals surface area contributed by atoms with Crippen molar-refractivity contribution in [3.63, 3.8) is 0 Å². The smallest absolute Gasteiger partial charge is 0.204 e. The highest BCUT2D eigenvalue weighted by molar-refractivity contribution is 5.99. The molecule has 0 spiro atoms. The second-order valence-electron chi connectivity index (χ2n) is 9.19. The Bertz CT molecular complexity index is 1390. The number of aromatic hydroxyl groups is 4. The first-order valence-corrected chi connectivity index (χ1v) is 11.3. The Balaban J connectivity index is 2.21. The van der Waals surface area contributed by atoms with E-state index in [0.29, 0.717) is 5.56 Å². The third kappa shape index (κ3) is 5.11. The fourth-order valence-corrected chi connectivity index (χ4v) is 3.91. The Hall–Kier alpha value is -3.67. The van der Waals surface area contributed by atoms with Crippen LogP contribution in [0.4, 0.5) is 0 Å². The van der Waals surface area contributed by atoms with Crippen LogP contribution in [0.1, 0.15) is 58.6 Å². The van der Waals surface area contributed by atoms with Gasteiger partial charge >= 0.3 is 0 Å². The Morgan fingerprint density at radius 2 is 1.41 bits per heavy atom. The lowest BCUT2D eigenvalue weighted by Crippen LogP contribution is -2.07. The summed E-state index contributed by atoms with van der Waals surface area (Å²) in [6.07, 6.45) is 8.14. The molecule has 0 aliphatic carbocycles. The summed E-state index contributed by atoms with van der Waals surface area (Å²) in [4.78, 5) is 13.6. The highest BCUT2D eigenvalue weighted by Gasteiger charge is 2.22. The van der Waals surface area contributed by atoms with Crippen molar-refractivity contribution in [2.45, 2.75) is 60.3 Å². The molecule has 34 heavy (non-hydrogen) atoms. The third-order valence-electron chi connectivity index (χ3n) is 5.82. The molecule has 3 aromatic rings. The fourth-order valence-electron chi connectivity index (χ4n) is 3.91. The van der Waals surface area contributed by atoms with Crippen molar-refractivity contribution in [1.82, 2.24) is 0 Å². The van der Waals surface area contributed by atoms with Gasteiger partial charge in [0.2, 0.25) is 5.43 Å². The fraction of sp³-hybridized carbons (Fsp3) is 0.321. The molecule has 0 bridgehead atoms. The number of phenols is 4. The van der Waals surface area contributed by atoms with Crippen molar-refractivity contribution < 1.29 is 24.8 Å². The van der Waals surface area contributed by atoms with Gasteiger partial charge in [0.25, 0.3) is 0 Å². The van der Waals surface area contributed by atoms with E-state index in [2.05, 4.69) is 6.08 Å². The molecule has 0 saturated carbocycles. The molecule has 3 rings (SSSR count). The minimum absolute atomic E-state index is 0.00695. The normalized spacial score (nSPS) is 11.7. The second-order valence-corrected chi connectivity index (χ2v) is 9.19. The molecule has 180 valence electrons. The van der Waals surface area contributed by atoms with Crippen molar-refractivity contribution in [2.24, 2.45) is 0 Å². The average Bonchev–Trinajstić information content (AvgIpc) is 2.73. The largest absolute Gasteiger partial charge is 0.507 e. The van der Waals surface area contributed by atoms with E-state index in [9.17, 15) is 25.2 Å². The van der Waals surface area contributed by atoms with Crippen LogP contribution in [0.25, 0.3) is 21.9 Å². The number of hydrogen-bond donors (Lipinski definition) is 4. The van der Waals surface area contributed by atoms with Gasteiger partial charge in [-0.05, 0) is 60.3 Å². The molecular weight excluding hydrogens is 432 g/mol. The van der Waals surface area contributed by atoms with Crippen LogP contribution in [0, 0.1) is 0 Å². The van der Waals surface area contributed by atoms with Crippen LogP contribution in [0.5, 0.6) is 23.0 Å². The van der Waals surface area contributed by atoms with E-state index in [1.165, 1.54) is 11.6 Å². The highest BCUT2D eigenvalue weighted by atomic mass is 16.4. The second kappa shape index (κ2) is 10.1. The highest BCUT2D eigenvalue weighted by Crippen LogP contribution is 2.40. The lowest BCUT2D eigenvalue weighted by atomic mass is 9.98. The van der Waals surface area contributed by atoms with Crippen LogP contribution in [0.3, 0.4) is 0 Å². The van der Waals surface area contributed by atoms with Crippen LogP contribution >= 0.6 is 0 Å². The summed E-state index contributed by atoms with van der Waals surface area (Å²) in [5.41, 5.74) is 3.13. The predicted molar refractivity (Wildman–Crippen MR) is 136 cm³/mol. The molecule has 0 aliphatic heterocycles. The summed E-state index contributed by atoms with van der Waals surface area (Å²) < 4.78 is 5.77. The maximum absolute atomic E-state index is 13.6. The van der Waals surface area contributed by atoms with Crippen molar-refractivity contribution in [3.05, 3.63) is 68.4 Å². The maximum atomic E-state index is 13.6. The minimum Gasteiger partial charge on any atom is -0.507 e. The van der Waals surface area contributed by atoms with Crippen molar-refractivity contribution >= 4 is 21.9 Å². The quantitative estimate of drug-likeness (QED) is 0.234. The number of rotatable bonds is 7. The molecule has 1 heterocycles. The Morgan fingerprint density at radius 1 is 0.794 bits per heavy atom. The molecule has 1 aromatic heterocycles. The number of hydrogen-bond acceptors (Lipinski definition) is 6. The van der Waals surface area contributed by atoms with Gasteiger partial charge in [0, 0.05) is 23.3 Å². The Kier molecular flexibility index (Phi) is 7.40. The Labute approximate surface area is 198 Å². The molecular formula is C28H32O6. The van der Waals surface area contributed by atoms with E-state index >= 15 is 0 Å². The first-order valence-electron chi connectivity index (χ1n) is 11.3. The molecule has 6 nitrogen and oxygen atoms in total. The zero-order chi connectivity index (χ0) is 25.2. The first kappa shape index (κ1) is 25.0. The molecule has 4 N–H and O–H groups in total. The molecule has 0 saturated heterocycles. The van der Waals surface area contributed by atoms with Gasteiger partial charge < -0.3 is 24.8 Å². The summed E-state index contributed by atoms with van der Waals surface area (Å²) in [7, 11) is 0. The zero-order valence-corrected chi connectivity index (χ0v) is 20.3. The standard InChI is InChI=1S/C28H32O6/c1-15(2)7-6-8-17(5)10-12-18-20(29)13-22(31)28-24(18)27(33)25-23(34-28)14-21(30)19(26(25)32)11-9-16(3)4/h7,9-10,13-14,29-32H,6,8,11-12H2,1-5H3/b17-10+. The van der Waals surface area contributed by atoms with Gasteiger partial charge in [0.05, 0.1) is 5.39 Å². The lowest BCUT2D eigenvalue weighted by molar-refractivity contribution is 0.438. The molecule has 0 radical (unpaired) electrons. The van der Waals surface area contributed by atoms with Gasteiger partial charge in [-0.15, -0.1) is 0 Å². The number of benzene rings is 2. The van der Waals surface area contributed by atoms with Gasteiger partial charge in [0.15, 0.2) is 11.3 Å². The zero-order valence-electron chi connectivity index (χ0n) is 20.3. The van der Waals surface area contributed by atoms with Crippen LogP contribution in [-0.4, -0.2) is 20.4 Å². The van der Waals surface area contributed by atoms with Gasteiger partial charge in [-0.1, -0.05) is 34.9 Å². The van der Waals surface area contributed by atoms with Gasteiger partial charge in [0.1, 0.15) is 28.2 Å². The molecule has 6 heteroatoms. The van der Waals surface area contributed by atoms with E-state index in [4.69, 9.17) is 4.42 Å². The van der Waals surface area contributed by atoms with Gasteiger partial charge in [-0.3, -0.25) is 4.79 Å². The molecule has 0 amide bonds. The molecule has 0 unspecified atom stereocenters. The van der Waals surface area contributed by atoms with E-state index in [1.54, 1.807) is 0 Å². The van der Waals surface area contributed by atoms with E-state index in [-0.39, 0.29) is 57.6 Å². The van der Waals surface area contributed by atoms with Crippen LogP contribution < -0.4 is 5.43 Å². The maximum Gasteiger partial charge on any atom is 0.204 e. The number of phenolic OH excluding ortho intramolecular Hbond substituents is 4. The van der Waals surface area contributed by atoms with Crippen LogP contribution in [0.15, 0.2) is 56.3 Å². The van der Waals surface area contributed by atoms with Crippen molar-refractivity contribution in [2.75, 3.05) is 0 Å². The SMILES string of the molecule is CC(C)=CCC/C(C)=C/Cc1c(O)cc(O)c2oc3cc(O)c(CC=C(C)C)c(O)c3c(=O)c12. The van der Waals surface area contributed by atoms with Crippen LogP contribution in [0.2, 0.25) is 0 Å². The van der Waals surface area contributed by atoms with Gasteiger partial charge in [-0.2, -0.15) is 0 Å². The molecule has 0 aliphatic rings. The monoisotopic (exact) mass is 464 g/mol. The molecule has 0 fully saturated rings. The lowest BCUT2D eigenvalue weighted by Gasteiger charge is -2.13. The molecule has 0 atom stereocenters. The van der Waals surface area contributed by atoms with Gasteiger partial charge in [-0.25, -0.2) is 0 Å². The number of allylic oxidation sites excluding steroid dienone is 6. The summed E-state index contributed by atoms with van der Waals surface area (Å²) in [5.74, 6) is -1.20. The average molecular weight is 465 g/mol. The van der Waals surface area contributed by atoms with Crippen LogP contribution in [-0.2, 0) is 12.8 Å². The van der Waals surface area contributed by atoms with E-state index in [1.807, 2.05) is 46.8 Å². The molecule has 2 aromatic carbocycles.